The molecular formula is C18H45InN9. The molecule has 0 aliphatic rings. The minimum Gasteiger partial charge on any atom is -0.289 e. The van der Waals surface area contributed by atoms with E-state index in [9.17, 15) is 0 Å². The van der Waals surface area contributed by atoms with Gasteiger partial charge in [0.05, 0.1) is 18.1 Å². The van der Waals surface area contributed by atoms with Gasteiger partial charge in [0.25, 0.3) is 0 Å². The van der Waals surface area contributed by atoms with Gasteiger partial charge in [-0.1, -0.05) is 15.7 Å². The summed E-state index contributed by atoms with van der Waals surface area (Å²) in [5.41, 5.74) is 8.51. The van der Waals surface area contributed by atoms with Crippen LogP contribution >= 0.6 is 0 Å². The number of hydrogen-bond acceptors (Lipinski definition) is 6. The Balaban J connectivity index is -0.000000152. The van der Waals surface area contributed by atoms with E-state index >= 15 is 0 Å². The largest absolute Gasteiger partial charge is 0.289 e. The van der Waals surface area contributed by atoms with Gasteiger partial charge in [0.15, 0.2) is 0 Å². The summed E-state index contributed by atoms with van der Waals surface area (Å²) < 4.78 is 0. The van der Waals surface area contributed by atoms with Crippen molar-refractivity contribution in [3.05, 3.63) is 0 Å². The van der Waals surface area contributed by atoms with E-state index in [1.807, 2.05) is 83.1 Å². The molecule has 10 heteroatoms. The maximum atomic E-state index is 3.88. The zero-order chi connectivity index (χ0) is 21.8. The van der Waals surface area contributed by atoms with Crippen LogP contribution in [0.5, 0.6) is 0 Å². The van der Waals surface area contributed by atoms with E-state index in [2.05, 4.69) is 47.3 Å². The summed E-state index contributed by atoms with van der Waals surface area (Å²) in [7, 11) is 0. The predicted octanol–water partition coefficient (Wildman–Crippen LogP) is 4.90. The van der Waals surface area contributed by atoms with Crippen LogP contribution < -0.4 is 16.3 Å². The first-order valence-electron chi connectivity index (χ1n) is 9.84. The van der Waals surface area contributed by atoms with Crippen molar-refractivity contribution in [1.29, 1.82) is 0 Å². The molecule has 0 atom stereocenters. The molecule has 0 heterocycles. The third-order valence-corrected chi connectivity index (χ3v) is 1.81. The summed E-state index contributed by atoms with van der Waals surface area (Å²) in [6.07, 6.45) is 0. The number of hydrogen-bond donors (Lipinski definition) is 3. The van der Waals surface area contributed by atoms with Crippen molar-refractivity contribution in [1.82, 2.24) is 16.3 Å². The molecule has 0 rings (SSSR count). The Labute approximate surface area is 192 Å². The molecule has 3 N–H and O–H groups in total. The van der Waals surface area contributed by atoms with Gasteiger partial charge >= 0.3 is 0 Å². The normalized spacial score (nSPS) is 11.4. The predicted molar refractivity (Wildman–Crippen MR) is 121 cm³/mol. The smallest absolute Gasteiger partial charge is 0.0673 e. The van der Waals surface area contributed by atoms with Crippen molar-refractivity contribution in [2.75, 3.05) is 0 Å². The second-order valence-corrected chi connectivity index (χ2v) is 7.78. The van der Waals surface area contributed by atoms with E-state index in [1.165, 1.54) is 0 Å². The van der Waals surface area contributed by atoms with Crippen LogP contribution in [0.25, 0.3) is 0 Å². The minimum atomic E-state index is 0. The van der Waals surface area contributed by atoms with Gasteiger partial charge in [0.2, 0.25) is 0 Å². The number of nitrogens with zero attached hydrogens (tertiary/aromatic N) is 6. The van der Waals surface area contributed by atoms with Gasteiger partial charge < -0.3 is 0 Å². The second kappa shape index (κ2) is 24.1. The first kappa shape index (κ1) is 34.6. The molecular weight excluding hydrogens is 457 g/mol. The molecule has 0 saturated heterocycles. The Hall–Kier alpha value is -0.930. The van der Waals surface area contributed by atoms with Gasteiger partial charge in [-0.3, -0.25) is 16.3 Å². The van der Waals surface area contributed by atoms with Gasteiger partial charge in [0.1, 0.15) is 0 Å². The molecule has 165 valence electrons. The Morgan fingerprint density at radius 2 is 0.571 bits per heavy atom. The van der Waals surface area contributed by atoms with Crippen LogP contribution in [-0.2, 0) is 0 Å². The van der Waals surface area contributed by atoms with Crippen LogP contribution in [0.2, 0.25) is 0 Å². The van der Waals surface area contributed by atoms with Crippen LogP contribution in [0.1, 0.15) is 83.1 Å². The van der Waals surface area contributed by atoms with E-state index in [0.29, 0.717) is 18.1 Å². The van der Waals surface area contributed by atoms with Gasteiger partial charge in [-0.25, -0.2) is 0 Å². The van der Waals surface area contributed by atoms with Gasteiger partial charge in [-0.2, -0.15) is 15.3 Å². The van der Waals surface area contributed by atoms with Crippen LogP contribution in [-0.4, -0.2) is 62.1 Å². The van der Waals surface area contributed by atoms with Crippen molar-refractivity contribution < 1.29 is 0 Å². The second-order valence-electron chi connectivity index (χ2n) is 7.78. The molecule has 0 aromatic carbocycles. The zero-order valence-electron chi connectivity index (χ0n) is 20.2. The van der Waals surface area contributed by atoms with Crippen LogP contribution in [0.3, 0.4) is 0 Å². The fourth-order valence-corrected chi connectivity index (χ4v) is 0.793. The number of nitrogens with one attached hydrogen (secondary N) is 3. The average Bonchev–Trinajstić information content (AvgIpc) is 2.46. The van der Waals surface area contributed by atoms with Crippen molar-refractivity contribution in [3.8, 4) is 0 Å². The molecule has 0 unspecified atom stereocenters. The molecule has 3 radical (unpaired) electrons. The monoisotopic (exact) mass is 502 g/mol. The average molecular weight is 502 g/mol. The van der Waals surface area contributed by atoms with Crippen molar-refractivity contribution in [2.45, 2.75) is 119 Å². The topological polar surface area (TPSA) is 110 Å². The van der Waals surface area contributed by atoms with Crippen molar-refractivity contribution >= 4 is 25.8 Å². The molecule has 0 aliphatic heterocycles. The van der Waals surface area contributed by atoms with E-state index in [4.69, 9.17) is 0 Å². The van der Waals surface area contributed by atoms with Crippen molar-refractivity contribution in [3.63, 3.8) is 0 Å². The Bertz CT molecular complexity index is 322. The van der Waals surface area contributed by atoms with E-state index in [-0.39, 0.29) is 44.0 Å². The molecule has 0 bridgehead atoms. The fraction of sp³-hybridized carbons (Fsp3) is 1.00. The summed E-state index contributed by atoms with van der Waals surface area (Å²) in [5, 5.41) is 22.9. The minimum absolute atomic E-state index is 0. The first-order chi connectivity index (χ1) is 12.4. The van der Waals surface area contributed by atoms with Crippen LogP contribution in [0, 0.1) is 0 Å². The standard InChI is InChI=1S/3C6H15N3.In/c3*1-5(2)7-9-8-6(3)4;/h3*5-6H,1-4H3,(H,7,8);. The Morgan fingerprint density at radius 3 is 0.679 bits per heavy atom. The maximum absolute atomic E-state index is 3.88. The third-order valence-electron chi connectivity index (χ3n) is 1.81. The van der Waals surface area contributed by atoms with Gasteiger partial charge in [-0.15, -0.1) is 0 Å². The molecule has 0 amide bonds. The zero-order valence-corrected chi connectivity index (χ0v) is 23.5. The summed E-state index contributed by atoms with van der Waals surface area (Å²) in [5.74, 6) is 0. The Morgan fingerprint density at radius 1 is 0.393 bits per heavy atom. The first-order valence-corrected chi connectivity index (χ1v) is 9.84. The molecule has 28 heavy (non-hydrogen) atoms. The third kappa shape index (κ3) is 49.8. The molecule has 0 saturated carbocycles. The molecule has 0 aromatic heterocycles. The molecule has 0 aliphatic carbocycles. The quantitative estimate of drug-likeness (QED) is 0.308. The molecule has 0 spiro atoms. The van der Waals surface area contributed by atoms with Crippen LogP contribution in [0.15, 0.2) is 31.0 Å². The van der Waals surface area contributed by atoms with Crippen molar-refractivity contribution in [2.24, 2.45) is 31.0 Å². The van der Waals surface area contributed by atoms with Crippen LogP contribution in [0.4, 0.5) is 0 Å². The fourth-order valence-electron chi connectivity index (χ4n) is 0.793. The SMILES string of the molecule is CC(C)N=NNC(C)C.CC(C)N=NNC(C)C.CC(C)N=NNC(C)C.[In]. The van der Waals surface area contributed by atoms with Gasteiger partial charge in [-0.05, 0) is 83.1 Å². The summed E-state index contributed by atoms with van der Waals surface area (Å²) >= 11 is 0. The molecule has 0 aromatic rings. The van der Waals surface area contributed by atoms with Gasteiger partial charge in [0, 0.05) is 44.0 Å². The molecule has 0 fully saturated rings. The molecule has 9 nitrogen and oxygen atoms in total. The van der Waals surface area contributed by atoms with E-state index < -0.39 is 0 Å². The Kier molecular flexibility index (Phi) is 29.8. The van der Waals surface area contributed by atoms with E-state index in [0.717, 1.165) is 0 Å². The van der Waals surface area contributed by atoms with E-state index in [1.54, 1.807) is 0 Å². The summed E-state index contributed by atoms with van der Waals surface area (Å²) in [4.78, 5) is 0. The summed E-state index contributed by atoms with van der Waals surface area (Å²) in [6, 6.07) is 2.01. The number of rotatable bonds is 9. The summed E-state index contributed by atoms with van der Waals surface area (Å²) in [6.45, 7) is 24.1. The maximum Gasteiger partial charge on any atom is 0.0673 e.